The maximum Gasteiger partial charge on any atom is 0.335 e. The van der Waals surface area contributed by atoms with Crippen molar-refractivity contribution in [1.29, 1.82) is 0 Å². The van der Waals surface area contributed by atoms with E-state index in [4.69, 9.17) is 5.11 Å². The minimum Gasteiger partial charge on any atom is -0.478 e. The molecule has 0 aliphatic heterocycles. The molecule has 20 heavy (non-hydrogen) atoms. The first-order valence-corrected chi connectivity index (χ1v) is 7.90. The molecule has 0 unspecified atom stereocenters. The fourth-order valence-corrected chi connectivity index (χ4v) is 2.30. The molecule has 0 spiro atoms. The predicted molar refractivity (Wildman–Crippen MR) is 78.7 cm³/mol. The SMILES string of the molecule is CSCCCCCCNc1c(F)cc(C(=O)O)cc1F. The Morgan fingerprint density at radius 1 is 1.20 bits per heavy atom. The van der Waals surface area contributed by atoms with E-state index in [1.807, 2.05) is 11.8 Å². The summed E-state index contributed by atoms with van der Waals surface area (Å²) in [5.74, 6) is -1.95. The number of carboxylic acids is 1. The molecule has 3 nitrogen and oxygen atoms in total. The zero-order valence-electron chi connectivity index (χ0n) is 11.4. The Balaban J connectivity index is 2.42. The van der Waals surface area contributed by atoms with Gasteiger partial charge >= 0.3 is 5.97 Å². The van der Waals surface area contributed by atoms with Crippen molar-refractivity contribution in [1.82, 2.24) is 0 Å². The van der Waals surface area contributed by atoms with Crippen LogP contribution in [0.25, 0.3) is 0 Å². The number of aromatic carboxylic acids is 1. The van der Waals surface area contributed by atoms with Crippen LogP contribution in [0, 0.1) is 11.6 Å². The molecule has 0 radical (unpaired) electrons. The lowest BCUT2D eigenvalue weighted by atomic mass is 10.1. The summed E-state index contributed by atoms with van der Waals surface area (Å²) in [6, 6.07) is 1.65. The zero-order valence-corrected chi connectivity index (χ0v) is 12.2. The van der Waals surface area contributed by atoms with Crippen LogP contribution >= 0.6 is 11.8 Å². The summed E-state index contributed by atoms with van der Waals surface area (Å²) < 4.78 is 27.2. The first-order chi connectivity index (χ1) is 9.56. The smallest absolute Gasteiger partial charge is 0.335 e. The zero-order chi connectivity index (χ0) is 15.0. The normalized spacial score (nSPS) is 10.6. The van der Waals surface area contributed by atoms with Crippen LogP contribution in [0.2, 0.25) is 0 Å². The van der Waals surface area contributed by atoms with Crippen molar-refractivity contribution >= 4 is 23.4 Å². The Hall–Kier alpha value is -1.30. The van der Waals surface area contributed by atoms with E-state index >= 15 is 0 Å². The quantitative estimate of drug-likeness (QED) is 0.677. The second-order valence-corrected chi connectivity index (χ2v) is 5.44. The number of nitrogens with one attached hydrogen (secondary N) is 1. The summed E-state index contributed by atoms with van der Waals surface area (Å²) in [6.07, 6.45) is 6.15. The van der Waals surface area contributed by atoms with Gasteiger partial charge in [-0.05, 0) is 37.0 Å². The third-order valence-corrected chi connectivity index (χ3v) is 3.56. The number of carboxylic acid groups (broad SMARTS) is 1. The van der Waals surface area contributed by atoms with E-state index in [9.17, 15) is 13.6 Å². The van der Waals surface area contributed by atoms with Gasteiger partial charge in [-0.3, -0.25) is 0 Å². The van der Waals surface area contributed by atoms with Crippen molar-refractivity contribution in [3.63, 3.8) is 0 Å². The molecule has 0 aromatic heterocycles. The van der Waals surface area contributed by atoms with Gasteiger partial charge in [0.15, 0.2) is 0 Å². The van der Waals surface area contributed by atoms with Gasteiger partial charge in [0.2, 0.25) is 0 Å². The van der Waals surface area contributed by atoms with E-state index in [0.717, 1.165) is 43.6 Å². The van der Waals surface area contributed by atoms with Crippen molar-refractivity contribution in [2.24, 2.45) is 0 Å². The lowest BCUT2D eigenvalue weighted by molar-refractivity contribution is 0.0696. The van der Waals surface area contributed by atoms with Crippen LogP contribution in [-0.2, 0) is 0 Å². The second-order valence-electron chi connectivity index (χ2n) is 4.45. The third kappa shape index (κ3) is 5.36. The van der Waals surface area contributed by atoms with E-state index in [0.29, 0.717) is 6.54 Å². The molecule has 0 aliphatic rings. The first kappa shape index (κ1) is 16.8. The largest absolute Gasteiger partial charge is 0.478 e. The molecule has 2 N–H and O–H groups in total. The van der Waals surface area contributed by atoms with Crippen molar-refractivity contribution in [2.75, 3.05) is 23.9 Å². The molecule has 0 atom stereocenters. The van der Waals surface area contributed by atoms with Crippen LogP contribution in [0.15, 0.2) is 12.1 Å². The van der Waals surface area contributed by atoms with Crippen LogP contribution in [0.4, 0.5) is 14.5 Å². The second kappa shape index (κ2) is 8.79. The number of halogens is 2. The number of rotatable bonds is 9. The van der Waals surface area contributed by atoms with Crippen LogP contribution in [0.3, 0.4) is 0 Å². The minimum atomic E-state index is -1.34. The number of benzene rings is 1. The average molecular weight is 303 g/mol. The monoisotopic (exact) mass is 303 g/mol. The molecule has 0 aliphatic carbocycles. The molecule has 0 amide bonds. The number of anilines is 1. The van der Waals surface area contributed by atoms with E-state index in [1.54, 1.807) is 0 Å². The van der Waals surface area contributed by atoms with Crippen LogP contribution in [0.5, 0.6) is 0 Å². The van der Waals surface area contributed by atoms with Gasteiger partial charge < -0.3 is 10.4 Å². The van der Waals surface area contributed by atoms with Gasteiger partial charge in [0.1, 0.15) is 17.3 Å². The number of hydrogen-bond acceptors (Lipinski definition) is 3. The molecule has 1 aromatic carbocycles. The van der Waals surface area contributed by atoms with E-state index in [1.165, 1.54) is 0 Å². The Morgan fingerprint density at radius 2 is 1.80 bits per heavy atom. The lowest BCUT2D eigenvalue weighted by Gasteiger charge is -2.09. The van der Waals surface area contributed by atoms with E-state index in [-0.39, 0.29) is 11.3 Å². The lowest BCUT2D eigenvalue weighted by Crippen LogP contribution is -2.08. The highest BCUT2D eigenvalue weighted by molar-refractivity contribution is 7.98. The highest BCUT2D eigenvalue weighted by Gasteiger charge is 2.14. The molecule has 0 saturated heterocycles. The van der Waals surface area contributed by atoms with Gasteiger partial charge in [-0.1, -0.05) is 12.8 Å². The summed E-state index contributed by atoms with van der Waals surface area (Å²) in [5, 5.41) is 11.4. The summed E-state index contributed by atoms with van der Waals surface area (Å²) in [7, 11) is 0. The molecule has 6 heteroatoms. The van der Waals surface area contributed by atoms with Gasteiger partial charge in [-0.25, -0.2) is 13.6 Å². The van der Waals surface area contributed by atoms with E-state index in [2.05, 4.69) is 11.6 Å². The Kier molecular flexibility index (Phi) is 7.36. The van der Waals surface area contributed by atoms with Crippen molar-refractivity contribution in [3.05, 3.63) is 29.3 Å². The van der Waals surface area contributed by atoms with Gasteiger partial charge in [0.25, 0.3) is 0 Å². The molecular weight excluding hydrogens is 284 g/mol. The number of unbranched alkanes of at least 4 members (excludes halogenated alkanes) is 3. The molecular formula is C14H19F2NO2S. The molecule has 0 fully saturated rings. The first-order valence-electron chi connectivity index (χ1n) is 6.51. The summed E-state index contributed by atoms with van der Waals surface area (Å²) in [4.78, 5) is 10.6. The third-order valence-electron chi connectivity index (χ3n) is 2.87. The van der Waals surface area contributed by atoms with Gasteiger partial charge in [0, 0.05) is 6.54 Å². The van der Waals surface area contributed by atoms with Gasteiger partial charge in [0.05, 0.1) is 5.56 Å². The number of thioether (sulfide) groups is 1. The number of hydrogen-bond donors (Lipinski definition) is 2. The topological polar surface area (TPSA) is 49.3 Å². The van der Waals surface area contributed by atoms with Crippen molar-refractivity contribution < 1.29 is 18.7 Å². The van der Waals surface area contributed by atoms with E-state index < -0.39 is 17.6 Å². The van der Waals surface area contributed by atoms with Crippen molar-refractivity contribution in [3.8, 4) is 0 Å². The van der Waals surface area contributed by atoms with Gasteiger partial charge in [-0.2, -0.15) is 11.8 Å². The van der Waals surface area contributed by atoms with Crippen LogP contribution < -0.4 is 5.32 Å². The Labute approximate surface area is 121 Å². The number of carbonyl (C=O) groups is 1. The summed E-state index contributed by atoms with van der Waals surface area (Å²) in [6.45, 7) is 0.472. The minimum absolute atomic E-state index is 0.251. The molecule has 0 saturated carbocycles. The molecule has 0 heterocycles. The van der Waals surface area contributed by atoms with Crippen molar-refractivity contribution in [2.45, 2.75) is 25.7 Å². The summed E-state index contributed by atoms with van der Waals surface area (Å²) >= 11 is 1.81. The fourth-order valence-electron chi connectivity index (χ4n) is 1.80. The summed E-state index contributed by atoms with van der Waals surface area (Å²) in [5.41, 5.74) is -0.637. The highest BCUT2D eigenvalue weighted by Crippen LogP contribution is 2.21. The fraction of sp³-hybridized carbons (Fsp3) is 0.500. The highest BCUT2D eigenvalue weighted by atomic mass is 32.2. The Morgan fingerprint density at radius 3 is 2.35 bits per heavy atom. The average Bonchev–Trinajstić information content (AvgIpc) is 2.40. The molecule has 0 bridgehead atoms. The Bertz CT molecular complexity index is 432. The maximum atomic E-state index is 13.6. The maximum absolute atomic E-state index is 13.6. The standard InChI is InChI=1S/C14H19F2NO2S/c1-20-7-5-3-2-4-6-17-13-11(15)8-10(14(18)19)9-12(13)16/h8-9,17H,2-7H2,1H3,(H,18,19). The van der Waals surface area contributed by atoms with Gasteiger partial charge in [-0.15, -0.1) is 0 Å². The van der Waals surface area contributed by atoms with Crippen LogP contribution in [0.1, 0.15) is 36.0 Å². The molecule has 112 valence electrons. The van der Waals surface area contributed by atoms with Crippen LogP contribution in [-0.4, -0.2) is 29.6 Å². The molecule has 1 rings (SSSR count). The molecule has 1 aromatic rings. The predicted octanol–water partition coefficient (Wildman–Crippen LogP) is 4.00.